The molecule has 2 aliphatic rings. The van der Waals surface area contributed by atoms with Crippen LogP contribution in [0.1, 0.15) is 36.9 Å². The Morgan fingerprint density at radius 3 is 2.68 bits per heavy atom. The summed E-state index contributed by atoms with van der Waals surface area (Å²) in [6.07, 6.45) is 4.25. The number of rotatable bonds is 7. The van der Waals surface area contributed by atoms with Gasteiger partial charge < -0.3 is 10.6 Å². The Morgan fingerprint density at radius 2 is 1.96 bits per heavy atom. The molecule has 1 aromatic carbocycles. The molecule has 0 spiro atoms. The van der Waals surface area contributed by atoms with Crippen molar-refractivity contribution < 1.29 is 9.59 Å². The molecule has 0 bridgehead atoms. The molecule has 3 heterocycles. The van der Waals surface area contributed by atoms with Gasteiger partial charge in [-0.15, -0.1) is 11.3 Å². The van der Waals surface area contributed by atoms with Crippen LogP contribution in [-0.4, -0.2) is 40.5 Å². The molecular formula is C21H26N4O2S. The van der Waals surface area contributed by atoms with Gasteiger partial charge in [0.05, 0.1) is 17.7 Å². The Kier molecular flexibility index (Phi) is 5.73. The molecule has 6 nitrogen and oxygen atoms in total. The second kappa shape index (κ2) is 8.41. The molecule has 2 fully saturated rings. The van der Waals surface area contributed by atoms with Crippen molar-refractivity contribution >= 4 is 23.3 Å². The molecule has 1 unspecified atom stereocenters. The highest BCUT2D eigenvalue weighted by molar-refractivity contribution is 7.07. The van der Waals surface area contributed by atoms with Crippen molar-refractivity contribution in [1.82, 2.24) is 20.5 Å². The third kappa shape index (κ3) is 3.82. The van der Waals surface area contributed by atoms with Crippen molar-refractivity contribution in [1.29, 1.82) is 0 Å². The average molecular weight is 399 g/mol. The Balaban J connectivity index is 1.52. The highest BCUT2D eigenvalue weighted by Crippen LogP contribution is 2.36. The fourth-order valence-corrected chi connectivity index (χ4v) is 5.00. The molecule has 7 heteroatoms. The smallest absolute Gasteiger partial charge is 0.323 e. The topological polar surface area (TPSA) is 74.3 Å². The van der Waals surface area contributed by atoms with Crippen LogP contribution in [0.5, 0.6) is 0 Å². The first-order chi connectivity index (χ1) is 13.7. The predicted molar refractivity (Wildman–Crippen MR) is 109 cm³/mol. The van der Waals surface area contributed by atoms with Gasteiger partial charge in [0.25, 0.3) is 5.91 Å². The second-order valence-corrected chi connectivity index (χ2v) is 8.35. The number of benzene rings is 1. The number of amides is 3. The van der Waals surface area contributed by atoms with Crippen LogP contribution >= 0.6 is 11.3 Å². The van der Waals surface area contributed by atoms with Crippen LogP contribution in [0, 0.1) is 5.92 Å². The van der Waals surface area contributed by atoms with Gasteiger partial charge in [-0.25, -0.2) is 9.78 Å². The van der Waals surface area contributed by atoms with E-state index in [2.05, 4.69) is 27.8 Å². The minimum Gasteiger partial charge on any atom is -0.323 e. The zero-order valence-electron chi connectivity index (χ0n) is 15.9. The molecule has 0 radical (unpaired) electrons. The number of thiazole rings is 1. The van der Waals surface area contributed by atoms with Crippen LogP contribution in [0.15, 0.2) is 41.2 Å². The molecule has 2 aromatic rings. The summed E-state index contributed by atoms with van der Waals surface area (Å²) in [5.74, 6) is 0.0897. The van der Waals surface area contributed by atoms with Crippen molar-refractivity contribution in [2.45, 2.75) is 44.2 Å². The van der Waals surface area contributed by atoms with E-state index in [9.17, 15) is 9.59 Å². The molecule has 1 aromatic heterocycles. The van der Waals surface area contributed by atoms with E-state index in [0.717, 1.165) is 44.5 Å². The predicted octanol–water partition coefficient (Wildman–Crippen LogP) is 2.96. The number of nitrogens with one attached hydrogen (secondary N) is 2. The minimum atomic E-state index is -0.788. The quantitative estimate of drug-likeness (QED) is 0.703. The van der Waals surface area contributed by atoms with Crippen molar-refractivity contribution in [2.24, 2.45) is 5.92 Å². The summed E-state index contributed by atoms with van der Waals surface area (Å²) in [7, 11) is 0. The van der Waals surface area contributed by atoms with Gasteiger partial charge in [-0.2, -0.15) is 0 Å². The monoisotopic (exact) mass is 398 g/mol. The highest BCUT2D eigenvalue weighted by atomic mass is 32.1. The van der Waals surface area contributed by atoms with Crippen LogP contribution in [0.4, 0.5) is 4.79 Å². The first-order valence-corrected chi connectivity index (χ1v) is 10.9. The maximum Gasteiger partial charge on any atom is 0.325 e. The third-order valence-electron chi connectivity index (χ3n) is 5.92. The number of aryl methyl sites for hydroxylation is 1. The Hall–Kier alpha value is -2.25. The fraction of sp³-hybridized carbons (Fsp3) is 0.476. The van der Waals surface area contributed by atoms with E-state index in [4.69, 9.17) is 0 Å². The largest absolute Gasteiger partial charge is 0.325 e. The van der Waals surface area contributed by atoms with E-state index >= 15 is 0 Å². The number of hydrogen-bond acceptors (Lipinski definition) is 5. The number of piperidine rings is 1. The standard InChI is InChI=1S/C21H26N4O2S/c26-19-21(17-8-11-22-12-9-17,10-4-7-16-5-2-1-3-6-16)24-20(27)25(19)13-18-14-28-15-23-18/h1-3,5-6,14-15,17,22H,4,7-13H2,(H,24,27). The van der Waals surface area contributed by atoms with E-state index in [1.165, 1.54) is 21.8 Å². The van der Waals surface area contributed by atoms with Gasteiger partial charge in [0, 0.05) is 5.38 Å². The Bertz CT molecular complexity index is 805. The normalized spacial score (nSPS) is 23.2. The molecule has 0 aliphatic carbocycles. The van der Waals surface area contributed by atoms with Gasteiger partial charge in [-0.3, -0.25) is 9.69 Å². The molecule has 148 valence electrons. The van der Waals surface area contributed by atoms with Crippen LogP contribution in [0.3, 0.4) is 0 Å². The van der Waals surface area contributed by atoms with Crippen LogP contribution < -0.4 is 10.6 Å². The fourth-order valence-electron chi connectivity index (χ4n) is 4.45. The number of imide groups is 1. The molecule has 28 heavy (non-hydrogen) atoms. The molecule has 3 amide bonds. The van der Waals surface area contributed by atoms with Gasteiger partial charge in [0.1, 0.15) is 5.54 Å². The molecule has 2 saturated heterocycles. The van der Waals surface area contributed by atoms with E-state index in [1.54, 1.807) is 5.51 Å². The van der Waals surface area contributed by atoms with Crippen molar-refractivity contribution in [3.8, 4) is 0 Å². The Labute approximate surface area is 169 Å². The molecule has 4 rings (SSSR count). The summed E-state index contributed by atoms with van der Waals surface area (Å²) in [6.45, 7) is 2.03. The zero-order chi connectivity index (χ0) is 19.4. The second-order valence-electron chi connectivity index (χ2n) is 7.64. The third-order valence-corrected chi connectivity index (χ3v) is 6.56. The lowest BCUT2D eigenvalue weighted by atomic mass is 9.74. The number of carbonyl (C=O) groups excluding carboxylic acids is 2. The number of urea groups is 1. The van der Waals surface area contributed by atoms with E-state index in [0.29, 0.717) is 6.42 Å². The maximum atomic E-state index is 13.5. The van der Waals surface area contributed by atoms with Crippen molar-refractivity contribution in [2.75, 3.05) is 13.1 Å². The van der Waals surface area contributed by atoms with Gasteiger partial charge >= 0.3 is 6.03 Å². The summed E-state index contributed by atoms with van der Waals surface area (Å²) in [6, 6.07) is 10.0. The lowest BCUT2D eigenvalue weighted by Gasteiger charge is -2.38. The summed E-state index contributed by atoms with van der Waals surface area (Å²) >= 11 is 1.48. The zero-order valence-corrected chi connectivity index (χ0v) is 16.7. The van der Waals surface area contributed by atoms with E-state index in [-0.39, 0.29) is 24.4 Å². The van der Waals surface area contributed by atoms with Gasteiger partial charge in [0.2, 0.25) is 0 Å². The van der Waals surface area contributed by atoms with Crippen molar-refractivity contribution in [3.05, 3.63) is 52.5 Å². The van der Waals surface area contributed by atoms with Gasteiger partial charge in [-0.05, 0) is 56.7 Å². The summed E-state index contributed by atoms with van der Waals surface area (Å²) in [5, 5.41) is 8.38. The van der Waals surface area contributed by atoms with Crippen LogP contribution in [0.2, 0.25) is 0 Å². The highest BCUT2D eigenvalue weighted by Gasteiger charge is 2.55. The first-order valence-electron chi connectivity index (χ1n) is 9.95. The molecule has 2 aliphatic heterocycles. The van der Waals surface area contributed by atoms with Gasteiger partial charge in [0.15, 0.2) is 0 Å². The number of carbonyl (C=O) groups is 2. The maximum absolute atomic E-state index is 13.5. The lowest BCUT2D eigenvalue weighted by Crippen LogP contribution is -2.55. The average Bonchev–Trinajstić information content (AvgIpc) is 3.33. The van der Waals surface area contributed by atoms with E-state index < -0.39 is 5.54 Å². The number of aromatic nitrogens is 1. The van der Waals surface area contributed by atoms with Gasteiger partial charge in [-0.1, -0.05) is 30.3 Å². The summed E-state index contributed by atoms with van der Waals surface area (Å²) < 4.78 is 0. The summed E-state index contributed by atoms with van der Waals surface area (Å²) in [4.78, 5) is 31.9. The Morgan fingerprint density at radius 1 is 1.18 bits per heavy atom. The van der Waals surface area contributed by atoms with Crippen molar-refractivity contribution in [3.63, 3.8) is 0 Å². The molecular weight excluding hydrogens is 372 g/mol. The molecule has 1 atom stereocenters. The number of nitrogens with zero attached hydrogens (tertiary/aromatic N) is 2. The SMILES string of the molecule is O=C1NC(CCCc2ccccc2)(C2CCNCC2)C(=O)N1Cc1cscn1. The molecule has 2 N–H and O–H groups in total. The summed E-state index contributed by atoms with van der Waals surface area (Å²) in [5.41, 5.74) is 2.97. The molecule has 0 saturated carbocycles. The number of hydrogen-bond donors (Lipinski definition) is 2. The lowest BCUT2D eigenvalue weighted by molar-refractivity contribution is -0.134. The van der Waals surface area contributed by atoms with Crippen LogP contribution in [0.25, 0.3) is 0 Å². The van der Waals surface area contributed by atoms with E-state index in [1.807, 2.05) is 23.6 Å². The minimum absolute atomic E-state index is 0.0783. The first kappa shape index (κ1) is 19.1. The van der Waals surface area contributed by atoms with Crippen LogP contribution in [-0.2, 0) is 17.8 Å².